The molecule has 3 N–H and O–H groups in total. The van der Waals surface area contributed by atoms with Crippen molar-refractivity contribution in [2.24, 2.45) is 34.5 Å². The molecule has 0 amide bonds. The summed E-state index contributed by atoms with van der Waals surface area (Å²) in [5, 5.41) is 33.5. The van der Waals surface area contributed by atoms with Crippen LogP contribution in [0.5, 0.6) is 0 Å². The van der Waals surface area contributed by atoms with Crippen molar-refractivity contribution in [2.75, 3.05) is 13.7 Å². The van der Waals surface area contributed by atoms with Gasteiger partial charge in [-0.1, -0.05) is 13.8 Å². The number of cyclic esters (lactones) is 1. The van der Waals surface area contributed by atoms with Gasteiger partial charge in [0.05, 0.1) is 17.8 Å². The van der Waals surface area contributed by atoms with E-state index in [1.54, 1.807) is 13.0 Å². The highest BCUT2D eigenvalue weighted by Crippen LogP contribution is 2.70. The Kier molecular flexibility index (Phi) is 6.80. The molecule has 6 rings (SSSR count). The van der Waals surface area contributed by atoms with Crippen LogP contribution in [0.25, 0.3) is 0 Å². The average molecular weight is 535 g/mol. The summed E-state index contributed by atoms with van der Waals surface area (Å²) in [6.45, 7) is 6.87. The van der Waals surface area contributed by atoms with Gasteiger partial charge in [-0.25, -0.2) is 4.79 Å². The van der Waals surface area contributed by atoms with Gasteiger partial charge >= 0.3 is 5.97 Å². The van der Waals surface area contributed by atoms with Gasteiger partial charge in [0.15, 0.2) is 6.29 Å². The molecular formula is C30H46O8. The fourth-order valence-electron chi connectivity index (χ4n) is 10.1. The first-order valence-corrected chi connectivity index (χ1v) is 14.8. The van der Waals surface area contributed by atoms with E-state index in [1.807, 2.05) is 0 Å². The number of aliphatic hydroxyl groups is 3. The second kappa shape index (κ2) is 9.52. The van der Waals surface area contributed by atoms with Gasteiger partial charge < -0.3 is 34.3 Å². The van der Waals surface area contributed by atoms with Crippen molar-refractivity contribution < 1.29 is 39.1 Å². The van der Waals surface area contributed by atoms with Gasteiger partial charge in [0.25, 0.3) is 0 Å². The monoisotopic (exact) mass is 534 g/mol. The maximum Gasteiger partial charge on any atom is 0.331 e. The van der Waals surface area contributed by atoms with Gasteiger partial charge in [-0.2, -0.15) is 0 Å². The quantitative estimate of drug-likeness (QED) is 0.372. The Labute approximate surface area is 226 Å². The Balaban J connectivity index is 1.16. The Morgan fingerprint density at radius 1 is 1.00 bits per heavy atom. The second-order valence-electron chi connectivity index (χ2n) is 13.7. The first-order valence-electron chi connectivity index (χ1n) is 14.8. The van der Waals surface area contributed by atoms with Crippen LogP contribution in [-0.4, -0.2) is 77.4 Å². The minimum atomic E-state index is -1.04. The van der Waals surface area contributed by atoms with Crippen molar-refractivity contribution in [3.05, 3.63) is 11.6 Å². The van der Waals surface area contributed by atoms with Crippen molar-refractivity contribution in [2.45, 2.75) is 121 Å². The number of hydrogen-bond donors (Lipinski definition) is 3. The van der Waals surface area contributed by atoms with E-state index in [0.717, 1.165) is 63.4 Å². The molecule has 0 spiro atoms. The second-order valence-corrected chi connectivity index (χ2v) is 13.7. The van der Waals surface area contributed by atoms with Crippen LogP contribution in [0.2, 0.25) is 0 Å². The number of carbonyl (C=O) groups is 1. The molecule has 4 saturated carbocycles. The number of methoxy groups -OCH3 is 1. The van der Waals surface area contributed by atoms with Gasteiger partial charge in [-0.05, 0) is 99.4 Å². The molecule has 13 atom stereocenters. The zero-order valence-electron chi connectivity index (χ0n) is 23.3. The van der Waals surface area contributed by atoms with E-state index in [1.165, 1.54) is 7.11 Å². The Bertz CT molecular complexity index is 968. The highest BCUT2D eigenvalue weighted by Gasteiger charge is 2.67. The number of fused-ring (bicyclic) bond motifs is 5. The minimum Gasteiger partial charge on any atom is -0.458 e. The lowest BCUT2D eigenvalue weighted by molar-refractivity contribution is -0.313. The highest BCUT2D eigenvalue weighted by atomic mass is 16.7. The molecule has 0 radical (unpaired) electrons. The van der Waals surface area contributed by atoms with Crippen LogP contribution in [0.15, 0.2) is 11.6 Å². The number of esters is 1. The van der Waals surface area contributed by atoms with Crippen LogP contribution in [0.4, 0.5) is 0 Å². The fourth-order valence-corrected chi connectivity index (χ4v) is 10.1. The minimum absolute atomic E-state index is 0.0103. The van der Waals surface area contributed by atoms with E-state index in [9.17, 15) is 20.1 Å². The summed E-state index contributed by atoms with van der Waals surface area (Å²) < 4.78 is 22.8. The zero-order chi connectivity index (χ0) is 27.0. The molecule has 0 aromatic heterocycles. The largest absolute Gasteiger partial charge is 0.458 e. The Morgan fingerprint density at radius 3 is 2.50 bits per heavy atom. The summed E-state index contributed by atoms with van der Waals surface area (Å²) >= 11 is 0. The van der Waals surface area contributed by atoms with E-state index in [2.05, 4.69) is 13.8 Å². The third-order valence-electron chi connectivity index (χ3n) is 12.3. The van der Waals surface area contributed by atoms with E-state index in [0.29, 0.717) is 18.4 Å². The third-order valence-corrected chi connectivity index (χ3v) is 12.3. The van der Waals surface area contributed by atoms with Crippen LogP contribution in [0, 0.1) is 34.5 Å². The Morgan fingerprint density at radius 2 is 1.79 bits per heavy atom. The summed E-state index contributed by atoms with van der Waals surface area (Å²) in [5.41, 5.74) is 0.300. The summed E-state index contributed by atoms with van der Waals surface area (Å²) in [6.07, 6.45) is 6.45. The summed E-state index contributed by atoms with van der Waals surface area (Å²) in [5.74, 6) is 1.22. The molecule has 2 heterocycles. The summed E-state index contributed by atoms with van der Waals surface area (Å²) in [6, 6.07) is 0. The van der Waals surface area contributed by atoms with Crippen LogP contribution >= 0.6 is 0 Å². The third kappa shape index (κ3) is 3.88. The van der Waals surface area contributed by atoms with Gasteiger partial charge in [0.1, 0.15) is 24.9 Å². The molecule has 0 bridgehead atoms. The van der Waals surface area contributed by atoms with Crippen molar-refractivity contribution in [3.63, 3.8) is 0 Å². The van der Waals surface area contributed by atoms with Gasteiger partial charge in [0.2, 0.25) is 0 Å². The fraction of sp³-hybridized carbons (Fsp3) is 0.900. The summed E-state index contributed by atoms with van der Waals surface area (Å²) in [7, 11) is 1.49. The van der Waals surface area contributed by atoms with Crippen molar-refractivity contribution in [1.82, 2.24) is 0 Å². The first kappa shape index (κ1) is 27.2. The standard InChI is InChI=1S/C30H46O8/c1-16-24(32)26(35-4)25(33)27(37-16)38-19-7-10-28(2)18(14-19)5-6-22-21(28)8-11-29(3)20(9-12-30(22,29)34)17-13-23(31)36-15-17/h13,16,18-22,24-27,32-34H,5-12,14-15H2,1-4H3/t16-,18+,19-,20+,21?,22?,24-,25-,26+,27-,28-,29+,30-/m0/s1. The highest BCUT2D eigenvalue weighted by molar-refractivity contribution is 5.85. The first-order chi connectivity index (χ1) is 18.0. The molecule has 0 aromatic carbocycles. The van der Waals surface area contributed by atoms with Crippen LogP contribution in [0.3, 0.4) is 0 Å². The lowest BCUT2D eigenvalue weighted by atomic mass is 9.43. The molecule has 2 aliphatic heterocycles. The van der Waals surface area contributed by atoms with Crippen LogP contribution in [0.1, 0.15) is 78.6 Å². The molecule has 0 aromatic rings. The predicted molar refractivity (Wildman–Crippen MR) is 138 cm³/mol. The molecule has 2 unspecified atom stereocenters. The predicted octanol–water partition coefficient (Wildman–Crippen LogP) is 3.11. The molecule has 4 aliphatic carbocycles. The van der Waals surface area contributed by atoms with E-state index < -0.39 is 36.3 Å². The summed E-state index contributed by atoms with van der Waals surface area (Å²) in [4.78, 5) is 11.8. The number of ether oxygens (including phenoxy) is 4. The molecule has 8 heteroatoms. The normalized spacial score (nSPS) is 54.5. The van der Waals surface area contributed by atoms with Crippen molar-refractivity contribution >= 4 is 5.97 Å². The molecule has 38 heavy (non-hydrogen) atoms. The molecule has 214 valence electrons. The van der Waals surface area contributed by atoms with Gasteiger partial charge in [0, 0.05) is 18.6 Å². The smallest absolute Gasteiger partial charge is 0.331 e. The van der Waals surface area contributed by atoms with Gasteiger partial charge in [-0.15, -0.1) is 0 Å². The number of aliphatic hydroxyl groups excluding tert-OH is 2. The Hall–Kier alpha value is -1.03. The van der Waals surface area contributed by atoms with E-state index in [-0.39, 0.29) is 34.7 Å². The molecule has 5 fully saturated rings. The lowest BCUT2D eigenvalue weighted by Gasteiger charge is -2.64. The maximum absolute atomic E-state index is 12.4. The molecule has 8 nitrogen and oxygen atoms in total. The zero-order valence-corrected chi connectivity index (χ0v) is 23.3. The van der Waals surface area contributed by atoms with E-state index in [4.69, 9.17) is 18.9 Å². The number of hydrogen-bond acceptors (Lipinski definition) is 8. The molecule has 1 saturated heterocycles. The maximum atomic E-state index is 12.4. The molecular weight excluding hydrogens is 488 g/mol. The van der Waals surface area contributed by atoms with Crippen molar-refractivity contribution in [1.29, 1.82) is 0 Å². The SMILES string of the molecule is CO[C@H]1[C@H](O)[C@H](O[C@H]2CC[C@]3(C)C4CC[C@]5(C)[C@@H](C6=CC(=O)OC6)CC[C@]5(O)C4CC[C@@H]3C2)O[C@@H](C)[C@@H]1O. The van der Waals surface area contributed by atoms with Crippen LogP contribution < -0.4 is 0 Å². The van der Waals surface area contributed by atoms with Crippen LogP contribution in [-0.2, 0) is 23.7 Å². The lowest BCUT2D eigenvalue weighted by Crippen LogP contribution is -2.62. The average Bonchev–Trinajstić information content (AvgIpc) is 3.43. The number of rotatable bonds is 4. The topological polar surface area (TPSA) is 115 Å². The van der Waals surface area contributed by atoms with E-state index >= 15 is 0 Å². The molecule has 6 aliphatic rings. The van der Waals surface area contributed by atoms with Gasteiger partial charge in [-0.3, -0.25) is 0 Å². The van der Waals surface area contributed by atoms with Crippen molar-refractivity contribution in [3.8, 4) is 0 Å². The number of carbonyl (C=O) groups excluding carboxylic acids is 1.